The van der Waals surface area contributed by atoms with E-state index in [0.29, 0.717) is 12.3 Å². The Morgan fingerprint density at radius 2 is 1.95 bits per heavy atom. The Hall–Kier alpha value is -1.70. The Balaban J connectivity index is 1.77. The summed E-state index contributed by atoms with van der Waals surface area (Å²) in [5, 5.41) is 20.6. The summed E-state index contributed by atoms with van der Waals surface area (Å²) in [6.07, 6.45) is -0.300. The molecule has 0 bridgehead atoms. The minimum absolute atomic E-state index is 0.0178. The molecule has 1 aromatic rings. The number of ether oxygens (including phenoxy) is 2. The number of β-amino-alcohol motifs (C(OH)–C–C–N with tert-alkyl or cyclic N) is 1. The molecule has 1 aliphatic heterocycles. The van der Waals surface area contributed by atoms with Gasteiger partial charge >= 0.3 is 0 Å². The number of nitro benzene ring substituents is 1. The summed E-state index contributed by atoms with van der Waals surface area (Å²) in [6, 6.07) is 5.83. The number of aliphatic hydroxyl groups is 1. The lowest BCUT2D eigenvalue weighted by Crippen LogP contribution is -2.48. The van der Waals surface area contributed by atoms with E-state index in [2.05, 4.69) is 4.90 Å². The highest BCUT2D eigenvalue weighted by Gasteiger charge is 2.23. The van der Waals surface area contributed by atoms with Crippen LogP contribution >= 0.6 is 0 Å². The van der Waals surface area contributed by atoms with Crippen LogP contribution < -0.4 is 4.74 Å². The molecule has 1 aliphatic rings. The highest BCUT2D eigenvalue weighted by atomic mass is 16.6. The van der Waals surface area contributed by atoms with Gasteiger partial charge in [-0.25, -0.2) is 0 Å². The molecule has 1 saturated heterocycles. The van der Waals surface area contributed by atoms with Crippen LogP contribution in [0.25, 0.3) is 0 Å². The van der Waals surface area contributed by atoms with E-state index in [0.717, 1.165) is 13.1 Å². The highest BCUT2D eigenvalue weighted by molar-refractivity contribution is 5.35. The Morgan fingerprint density at radius 1 is 1.36 bits per heavy atom. The summed E-state index contributed by atoms with van der Waals surface area (Å²) in [5.41, 5.74) is 0.0178. The maximum absolute atomic E-state index is 10.6. The van der Waals surface area contributed by atoms with Crippen molar-refractivity contribution in [1.29, 1.82) is 0 Å². The maximum atomic E-state index is 10.6. The van der Waals surface area contributed by atoms with Gasteiger partial charge in [0.15, 0.2) is 0 Å². The van der Waals surface area contributed by atoms with Gasteiger partial charge in [-0.2, -0.15) is 0 Å². The van der Waals surface area contributed by atoms with Crippen LogP contribution in [0, 0.1) is 10.1 Å². The average molecular weight is 310 g/mol. The number of hydrogen-bond donors (Lipinski definition) is 1. The first-order valence-corrected chi connectivity index (χ1v) is 7.37. The number of benzene rings is 1. The average Bonchev–Trinajstić information content (AvgIpc) is 2.44. The molecule has 22 heavy (non-hydrogen) atoms. The molecule has 0 spiro atoms. The molecule has 1 aromatic carbocycles. The SMILES string of the molecule is CC1CN(CC(O)COc2ccc([N+](=O)[O-])cc2)CC(C)O1. The van der Waals surface area contributed by atoms with Crippen molar-refractivity contribution in [3.05, 3.63) is 34.4 Å². The summed E-state index contributed by atoms with van der Waals surface area (Å²) in [7, 11) is 0. The number of nitrogens with zero attached hydrogens (tertiary/aromatic N) is 2. The summed E-state index contributed by atoms with van der Waals surface area (Å²) in [4.78, 5) is 12.3. The monoisotopic (exact) mass is 310 g/mol. The molecule has 0 aromatic heterocycles. The molecule has 122 valence electrons. The molecule has 1 N–H and O–H groups in total. The predicted octanol–water partition coefficient (Wildman–Crippen LogP) is 1.44. The van der Waals surface area contributed by atoms with E-state index in [1.165, 1.54) is 24.3 Å². The number of morpholine rings is 1. The van der Waals surface area contributed by atoms with E-state index in [1.54, 1.807) is 0 Å². The van der Waals surface area contributed by atoms with Crippen molar-refractivity contribution in [3.63, 3.8) is 0 Å². The van der Waals surface area contributed by atoms with Crippen LogP contribution in [0.1, 0.15) is 13.8 Å². The van der Waals surface area contributed by atoms with Crippen LogP contribution in [-0.4, -0.2) is 59.5 Å². The number of non-ortho nitro benzene ring substituents is 1. The van der Waals surface area contributed by atoms with Crippen molar-refractivity contribution in [2.45, 2.75) is 32.2 Å². The van der Waals surface area contributed by atoms with E-state index in [1.807, 2.05) is 13.8 Å². The first-order valence-electron chi connectivity index (χ1n) is 7.37. The van der Waals surface area contributed by atoms with Crippen molar-refractivity contribution < 1.29 is 19.5 Å². The van der Waals surface area contributed by atoms with Gasteiger partial charge in [-0.15, -0.1) is 0 Å². The number of aliphatic hydroxyl groups excluding tert-OH is 1. The third-order valence-electron chi connectivity index (χ3n) is 3.45. The van der Waals surface area contributed by atoms with Crippen LogP contribution in [0.4, 0.5) is 5.69 Å². The quantitative estimate of drug-likeness (QED) is 0.632. The van der Waals surface area contributed by atoms with E-state index < -0.39 is 11.0 Å². The highest BCUT2D eigenvalue weighted by Crippen LogP contribution is 2.17. The fraction of sp³-hybridized carbons (Fsp3) is 0.600. The molecule has 1 fully saturated rings. The van der Waals surface area contributed by atoms with Crippen molar-refractivity contribution in [2.24, 2.45) is 0 Å². The first-order chi connectivity index (χ1) is 10.4. The lowest BCUT2D eigenvalue weighted by molar-refractivity contribution is -0.384. The van der Waals surface area contributed by atoms with E-state index in [9.17, 15) is 15.2 Å². The number of nitro groups is 1. The zero-order valence-electron chi connectivity index (χ0n) is 12.8. The second kappa shape index (κ2) is 7.53. The van der Waals surface area contributed by atoms with Crippen molar-refractivity contribution >= 4 is 5.69 Å². The largest absolute Gasteiger partial charge is 0.491 e. The lowest BCUT2D eigenvalue weighted by Gasteiger charge is -2.36. The maximum Gasteiger partial charge on any atom is 0.269 e. The zero-order chi connectivity index (χ0) is 16.1. The standard InChI is InChI=1S/C15H22N2O5/c1-11-7-16(8-12(2)22-11)9-14(18)10-21-15-5-3-13(4-6-15)17(19)20/h3-6,11-12,14,18H,7-10H2,1-2H3. The van der Waals surface area contributed by atoms with Gasteiger partial charge in [-0.05, 0) is 26.0 Å². The molecule has 0 amide bonds. The second-order valence-electron chi connectivity index (χ2n) is 5.69. The van der Waals surface area contributed by atoms with Gasteiger partial charge in [0.1, 0.15) is 18.5 Å². The first kappa shape index (κ1) is 16.7. The summed E-state index contributed by atoms with van der Waals surface area (Å²) in [6.45, 7) is 6.28. The van der Waals surface area contributed by atoms with Gasteiger partial charge in [0.05, 0.1) is 17.1 Å². The summed E-state index contributed by atoms with van der Waals surface area (Å²) >= 11 is 0. The van der Waals surface area contributed by atoms with Crippen LogP contribution in [0.2, 0.25) is 0 Å². The van der Waals surface area contributed by atoms with Gasteiger partial charge in [0, 0.05) is 31.8 Å². The van der Waals surface area contributed by atoms with Crippen LogP contribution in [0.5, 0.6) is 5.75 Å². The third-order valence-corrected chi connectivity index (χ3v) is 3.45. The molecule has 7 nitrogen and oxygen atoms in total. The Bertz CT molecular complexity index is 483. The zero-order valence-corrected chi connectivity index (χ0v) is 12.8. The molecule has 3 unspecified atom stereocenters. The molecule has 0 radical (unpaired) electrons. The lowest BCUT2D eigenvalue weighted by atomic mass is 10.2. The van der Waals surface area contributed by atoms with E-state index in [-0.39, 0.29) is 24.5 Å². The molecular weight excluding hydrogens is 288 g/mol. The Morgan fingerprint density at radius 3 is 2.50 bits per heavy atom. The second-order valence-corrected chi connectivity index (χ2v) is 5.69. The Kier molecular flexibility index (Phi) is 5.70. The topological polar surface area (TPSA) is 85.1 Å². The third kappa shape index (κ3) is 4.94. The fourth-order valence-corrected chi connectivity index (χ4v) is 2.64. The minimum atomic E-state index is -0.618. The van der Waals surface area contributed by atoms with Gasteiger partial charge < -0.3 is 14.6 Å². The Labute approximate surface area is 129 Å². The molecular formula is C15H22N2O5. The van der Waals surface area contributed by atoms with Crippen molar-refractivity contribution in [2.75, 3.05) is 26.2 Å². The van der Waals surface area contributed by atoms with E-state index in [4.69, 9.17) is 9.47 Å². The van der Waals surface area contributed by atoms with Crippen LogP contribution in [-0.2, 0) is 4.74 Å². The van der Waals surface area contributed by atoms with Gasteiger partial charge in [-0.1, -0.05) is 0 Å². The van der Waals surface area contributed by atoms with Crippen LogP contribution in [0.3, 0.4) is 0 Å². The smallest absolute Gasteiger partial charge is 0.269 e. The van der Waals surface area contributed by atoms with Gasteiger partial charge in [0.25, 0.3) is 5.69 Å². The fourth-order valence-electron chi connectivity index (χ4n) is 2.64. The molecule has 3 atom stereocenters. The number of hydrogen-bond acceptors (Lipinski definition) is 6. The van der Waals surface area contributed by atoms with Gasteiger partial charge in [0.2, 0.25) is 0 Å². The molecule has 7 heteroatoms. The summed E-state index contributed by atoms with van der Waals surface area (Å²) in [5.74, 6) is 0.508. The normalized spacial score (nSPS) is 24.0. The molecule has 0 saturated carbocycles. The molecule has 0 aliphatic carbocycles. The molecule has 2 rings (SSSR count). The van der Waals surface area contributed by atoms with Crippen molar-refractivity contribution in [3.8, 4) is 5.75 Å². The van der Waals surface area contributed by atoms with Gasteiger partial charge in [-0.3, -0.25) is 15.0 Å². The number of rotatable bonds is 6. The van der Waals surface area contributed by atoms with E-state index >= 15 is 0 Å². The van der Waals surface area contributed by atoms with Crippen molar-refractivity contribution in [1.82, 2.24) is 4.90 Å². The predicted molar refractivity (Wildman–Crippen MR) is 81.0 cm³/mol. The summed E-state index contributed by atoms with van der Waals surface area (Å²) < 4.78 is 11.1. The minimum Gasteiger partial charge on any atom is -0.491 e. The molecule has 1 heterocycles. The van der Waals surface area contributed by atoms with Crippen LogP contribution in [0.15, 0.2) is 24.3 Å².